The first kappa shape index (κ1) is 14.4. The van der Waals surface area contributed by atoms with Crippen molar-refractivity contribution in [3.63, 3.8) is 0 Å². The molecule has 0 spiro atoms. The molecule has 0 aliphatic heterocycles. The van der Waals surface area contributed by atoms with Crippen molar-refractivity contribution in [3.05, 3.63) is 35.4 Å². The van der Waals surface area contributed by atoms with Crippen molar-refractivity contribution >= 4 is 15.9 Å². The molecular weight excluding hydrogens is 302 g/mol. The summed E-state index contributed by atoms with van der Waals surface area (Å²) in [4.78, 5) is 1.48. The fourth-order valence-electron chi connectivity index (χ4n) is 1.45. The van der Waals surface area contributed by atoms with Crippen molar-refractivity contribution in [3.8, 4) is 0 Å². The normalized spacial score (nSPS) is 11.5. The maximum atomic E-state index is 12.9. The van der Waals surface area contributed by atoms with Gasteiger partial charge in [0.25, 0.3) is 6.43 Å². The highest BCUT2D eigenvalue weighted by Gasteiger charge is 2.13. The number of benzene rings is 1. The molecule has 0 atom stereocenters. The number of halogens is 5. The molecule has 0 aliphatic carbocycles. The molecule has 1 aromatic carbocycles. The molecule has 0 aliphatic rings. The molecule has 6 heteroatoms. The monoisotopic (exact) mass is 313 g/mol. The maximum absolute atomic E-state index is 12.9. The van der Waals surface area contributed by atoms with Gasteiger partial charge < -0.3 is 0 Å². The highest BCUT2D eigenvalue weighted by Crippen LogP contribution is 2.12. The number of hydrogen-bond acceptors (Lipinski definition) is 1. The van der Waals surface area contributed by atoms with Crippen molar-refractivity contribution in [1.82, 2.24) is 4.90 Å². The molecule has 0 heterocycles. The van der Waals surface area contributed by atoms with Crippen LogP contribution in [0, 0.1) is 11.6 Å². The van der Waals surface area contributed by atoms with Crippen LogP contribution in [0.3, 0.4) is 0 Å². The number of hydrogen-bond donors (Lipinski definition) is 0. The van der Waals surface area contributed by atoms with Crippen LogP contribution in [0.4, 0.5) is 17.6 Å². The molecule has 1 nitrogen and oxygen atoms in total. The molecule has 0 fully saturated rings. The molecule has 0 bridgehead atoms. The zero-order valence-corrected chi connectivity index (χ0v) is 10.6. The van der Waals surface area contributed by atoms with E-state index in [1.165, 1.54) is 11.0 Å². The number of alkyl halides is 3. The van der Waals surface area contributed by atoms with Gasteiger partial charge in [0.2, 0.25) is 0 Å². The standard InChI is InChI=1S/C11H12BrF4N/c12-3-4-17(7-11(15)16)6-8-1-2-9(13)10(14)5-8/h1-2,5,11H,3-4,6-7H2. The largest absolute Gasteiger partial charge is 0.293 e. The average Bonchev–Trinajstić information content (AvgIpc) is 2.23. The van der Waals surface area contributed by atoms with Gasteiger partial charge in [-0.1, -0.05) is 22.0 Å². The van der Waals surface area contributed by atoms with Gasteiger partial charge in [-0.3, -0.25) is 4.90 Å². The van der Waals surface area contributed by atoms with Crippen LogP contribution in [0.5, 0.6) is 0 Å². The summed E-state index contributed by atoms with van der Waals surface area (Å²) in [5.41, 5.74) is 0.477. The van der Waals surface area contributed by atoms with E-state index in [-0.39, 0.29) is 13.1 Å². The van der Waals surface area contributed by atoms with Crippen molar-refractivity contribution in [2.45, 2.75) is 13.0 Å². The third-order valence-corrected chi connectivity index (χ3v) is 2.54. The molecule has 1 aromatic rings. The Morgan fingerprint density at radius 1 is 1.18 bits per heavy atom. The summed E-state index contributed by atoms with van der Waals surface area (Å²) in [6.45, 7) is 0.209. The molecule has 1 rings (SSSR count). The topological polar surface area (TPSA) is 3.24 Å². The van der Waals surface area contributed by atoms with E-state index in [0.29, 0.717) is 17.4 Å². The van der Waals surface area contributed by atoms with E-state index in [4.69, 9.17) is 0 Å². The van der Waals surface area contributed by atoms with Crippen molar-refractivity contribution in [2.75, 3.05) is 18.4 Å². The fourth-order valence-corrected chi connectivity index (χ4v) is 1.95. The summed E-state index contributed by atoms with van der Waals surface area (Å²) < 4.78 is 50.1. The van der Waals surface area contributed by atoms with Gasteiger partial charge in [0.15, 0.2) is 11.6 Å². The lowest BCUT2D eigenvalue weighted by atomic mass is 10.2. The van der Waals surface area contributed by atoms with Gasteiger partial charge in [-0.25, -0.2) is 17.6 Å². The van der Waals surface area contributed by atoms with E-state index in [1.54, 1.807) is 0 Å². The first-order chi connectivity index (χ1) is 8.02. The molecule has 17 heavy (non-hydrogen) atoms. The minimum atomic E-state index is -2.45. The molecule has 0 aromatic heterocycles. The van der Waals surface area contributed by atoms with Crippen LogP contribution in [0.25, 0.3) is 0 Å². The molecule has 0 unspecified atom stereocenters. The summed E-state index contributed by atoms with van der Waals surface area (Å²) in [7, 11) is 0. The van der Waals surface area contributed by atoms with Crippen molar-refractivity contribution in [1.29, 1.82) is 0 Å². The maximum Gasteiger partial charge on any atom is 0.251 e. The Labute approximate surface area is 106 Å². The van der Waals surface area contributed by atoms with Gasteiger partial charge in [0, 0.05) is 18.4 Å². The number of rotatable bonds is 6. The van der Waals surface area contributed by atoms with E-state index in [2.05, 4.69) is 15.9 Å². The van der Waals surface area contributed by atoms with Crippen LogP contribution in [0.1, 0.15) is 5.56 Å². The van der Waals surface area contributed by atoms with E-state index >= 15 is 0 Å². The summed E-state index contributed by atoms with van der Waals surface area (Å²) in [5.74, 6) is -1.90. The van der Waals surface area contributed by atoms with Crippen LogP contribution < -0.4 is 0 Å². The molecular formula is C11H12BrF4N. The Kier molecular flexibility index (Phi) is 5.91. The van der Waals surface area contributed by atoms with E-state index in [1.807, 2.05) is 0 Å². The third kappa shape index (κ3) is 5.04. The molecule has 0 N–H and O–H groups in total. The fraction of sp³-hybridized carbons (Fsp3) is 0.455. The Morgan fingerprint density at radius 3 is 2.41 bits per heavy atom. The lowest BCUT2D eigenvalue weighted by molar-refractivity contribution is 0.0881. The SMILES string of the molecule is Fc1ccc(CN(CCBr)CC(F)F)cc1F. The summed E-state index contributed by atoms with van der Waals surface area (Å²) in [5, 5.41) is 0.545. The van der Waals surface area contributed by atoms with Crippen molar-refractivity contribution in [2.24, 2.45) is 0 Å². The lowest BCUT2D eigenvalue weighted by Crippen LogP contribution is -2.30. The van der Waals surface area contributed by atoms with Gasteiger partial charge in [-0.05, 0) is 17.7 Å². The Bertz CT molecular complexity index is 359. The third-order valence-electron chi connectivity index (χ3n) is 2.19. The minimum absolute atomic E-state index is 0.174. The predicted octanol–water partition coefficient (Wildman–Crippen LogP) is 3.43. The van der Waals surface area contributed by atoms with Gasteiger partial charge in [-0.15, -0.1) is 0 Å². The molecule has 0 amide bonds. The quantitative estimate of drug-likeness (QED) is 0.574. The molecule has 0 saturated carbocycles. The van der Waals surface area contributed by atoms with Crippen LogP contribution >= 0.6 is 15.9 Å². The smallest absolute Gasteiger partial charge is 0.251 e. The lowest BCUT2D eigenvalue weighted by Gasteiger charge is -2.20. The van der Waals surface area contributed by atoms with Gasteiger partial charge in [0.05, 0.1) is 6.54 Å². The Balaban J connectivity index is 2.67. The Morgan fingerprint density at radius 2 is 1.88 bits per heavy atom. The van der Waals surface area contributed by atoms with Crippen LogP contribution in [-0.4, -0.2) is 29.7 Å². The van der Waals surface area contributed by atoms with Crippen LogP contribution in [0.2, 0.25) is 0 Å². The zero-order valence-electron chi connectivity index (χ0n) is 8.97. The summed E-state index contributed by atoms with van der Waals surface area (Å²) in [6.07, 6.45) is -2.45. The highest BCUT2D eigenvalue weighted by atomic mass is 79.9. The second kappa shape index (κ2) is 6.96. The summed E-state index contributed by atoms with van der Waals surface area (Å²) >= 11 is 3.16. The van der Waals surface area contributed by atoms with E-state index < -0.39 is 18.1 Å². The first-order valence-electron chi connectivity index (χ1n) is 5.03. The minimum Gasteiger partial charge on any atom is -0.293 e. The second-order valence-electron chi connectivity index (χ2n) is 3.56. The zero-order chi connectivity index (χ0) is 12.8. The van der Waals surface area contributed by atoms with Gasteiger partial charge in [-0.2, -0.15) is 0 Å². The number of nitrogens with zero attached hydrogens (tertiary/aromatic N) is 1. The van der Waals surface area contributed by atoms with Gasteiger partial charge in [0.1, 0.15) is 0 Å². The highest BCUT2D eigenvalue weighted by molar-refractivity contribution is 9.09. The Hall–Kier alpha value is -0.620. The predicted molar refractivity (Wildman–Crippen MR) is 61.4 cm³/mol. The molecule has 96 valence electrons. The van der Waals surface area contributed by atoms with Gasteiger partial charge >= 0.3 is 0 Å². The van der Waals surface area contributed by atoms with E-state index in [0.717, 1.165) is 12.1 Å². The molecule has 0 saturated heterocycles. The van der Waals surface area contributed by atoms with E-state index in [9.17, 15) is 17.6 Å². The van der Waals surface area contributed by atoms with Crippen molar-refractivity contribution < 1.29 is 17.6 Å². The van der Waals surface area contributed by atoms with Crippen LogP contribution in [0.15, 0.2) is 18.2 Å². The first-order valence-corrected chi connectivity index (χ1v) is 6.15. The van der Waals surface area contributed by atoms with Crippen LogP contribution in [-0.2, 0) is 6.54 Å². The average molecular weight is 314 g/mol. The second-order valence-corrected chi connectivity index (χ2v) is 4.36. The summed E-state index contributed by atoms with van der Waals surface area (Å²) in [6, 6.07) is 3.42. The molecule has 0 radical (unpaired) electrons.